The van der Waals surface area contributed by atoms with Gasteiger partial charge in [-0.3, -0.25) is 9.59 Å². The summed E-state index contributed by atoms with van der Waals surface area (Å²) in [5, 5.41) is 9.57. The van der Waals surface area contributed by atoms with Gasteiger partial charge in [-0.2, -0.15) is 0 Å². The number of hydrogen-bond donors (Lipinski definition) is 0. The Balaban J connectivity index is 1.21. The zero-order chi connectivity index (χ0) is 42.0. The maximum atomic E-state index is 12.5. The number of carbonyl (C=O) groups excluding carboxylic acids is 2. The van der Waals surface area contributed by atoms with Crippen LogP contribution in [0.15, 0.2) is 146 Å². The van der Waals surface area contributed by atoms with Crippen molar-refractivity contribution in [3.05, 3.63) is 157 Å². The average molecular weight is 791 g/mol. The van der Waals surface area contributed by atoms with Crippen molar-refractivity contribution >= 4 is 55.0 Å². The molecule has 8 aromatic carbocycles. The zero-order valence-corrected chi connectivity index (χ0v) is 35.7. The van der Waals surface area contributed by atoms with E-state index in [2.05, 4.69) is 166 Å². The Morgan fingerprint density at radius 2 is 0.733 bits per heavy atom. The van der Waals surface area contributed by atoms with Crippen LogP contribution in [0.1, 0.15) is 71.9 Å². The quantitative estimate of drug-likeness (QED) is 0.0967. The molecule has 0 bridgehead atoms. The third kappa shape index (κ3) is 8.70. The molecule has 0 saturated carbocycles. The monoisotopic (exact) mass is 790 g/mol. The molecule has 0 aromatic heterocycles. The van der Waals surface area contributed by atoms with Gasteiger partial charge in [-0.1, -0.05) is 166 Å². The van der Waals surface area contributed by atoms with E-state index in [9.17, 15) is 9.59 Å². The zero-order valence-electron chi connectivity index (χ0n) is 35.7. The summed E-state index contributed by atoms with van der Waals surface area (Å²) in [4.78, 5) is 25.0. The van der Waals surface area contributed by atoms with E-state index in [1.807, 2.05) is 20.8 Å². The molecular weight excluding hydrogens is 737 g/mol. The molecule has 0 radical (unpaired) electrons. The predicted octanol–water partition coefficient (Wildman–Crippen LogP) is 14.5. The lowest BCUT2D eigenvalue weighted by molar-refractivity contribution is -0.154. The van der Waals surface area contributed by atoms with Crippen LogP contribution in [-0.4, -0.2) is 24.1 Å². The molecule has 0 aliphatic rings. The van der Waals surface area contributed by atoms with Crippen LogP contribution in [0, 0.1) is 5.41 Å². The lowest BCUT2D eigenvalue weighted by atomic mass is 9.81. The summed E-state index contributed by atoms with van der Waals surface area (Å²) < 4.78 is 11.1. The van der Waals surface area contributed by atoms with Gasteiger partial charge in [0, 0.05) is 12.8 Å². The van der Waals surface area contributed by atoms with Crippen LogP contribution in [0.3, 0.4) is 0 Å². The molecule has 4 nitrogen and oxygen atoms in total. The second kappa shape index (κ2) is 16.8. The fraction of sp³-hybridized carbons (Fsp3) is 0.250. The third-order valence-electron chi connectivity index (χ3n) is 11.4. The van der Waals surface area contributed by atoms with Crippen molar-refractivity contribution in [2.45, 2.75) is 79.2 Å². The minimum Gasteiger partial charge on any atom is -0.466 e. The largest absolute Gasteiger partial charge is 0.466 e. The molecule has 0 saturated heterocycles. The van der Waals surface area contributed by atoms with E-state index in [0.29, 0.717) is 32.3 Å². The molecule has 0 N–H and O–H groups in total. The van der Waals surface area contributed by atoms with Gasteiger partial charge in [0.25, 0.3) is 0 Å². The number of rotatable bonds is 11. The Hall–Kier alpha value is -6.26. The lowest BCUT2D eigenvalue weighted by Gasteiger charge is -2.22. The predicted molar refractivity (Wildman–Crippen MR) is 250 cm³/mol. The maximum Gasteiger partial charge on any atom is 0.306 e. The number of esters is 2. The first-order chi connectivity index (χ1) is 28.8. The molecule has 60 heavy (non-hydrogen) atoms. The van der Waals surface area contributed by atoms with Gasteiger partial charge in [-0.25, -0.2) is 0 Å². The normalized spacial score (nSPS) is 12.0. The molecule has 0 atom stereocenters. The smallest absolute Gasteiger partial charge is 0.306 e. The van der Waals surface area contributed by atoms with Gasteiger partial charge >= 0.3 is 11.9 Å². The van der Waals surface area contributed by atoms with Crippen molar-refractivity contribution in [2.24, 2.45) is 5.41 Å². The minimum atomic E-state index is -0.492. The van der Waals surface area contributed by atoms with Crippen molar-refractivity contribution in [3.8, 4) is 33.4 Å². The first-order valence-corrected chi connectivity index (χ1v) is 21.3. The Bertz CT molecular complexity index is 2740. The van der Waals surface area contributed by atoms with Crippen LogP contribution >= 0.6 is 0 Å². The van der Waals surface area contributed by atoms with E-state index in [1.165, 1.54) is 65.3 Å². The second-order valence-corrected chi connectivity index (χ2v) is 18.2. The van der Waals surface area contributed by atoms with Gasteiger partial charge in [0.15, 0.2) is 0 Å². The van der Waals surface area contributed by atoms with Crippen LogP contribution in [0.25, 0.3) is 76.5 Å². The van der Waals surface area contributed by atoms with Crippen LogP contribution in [0.5, 0.6) is 0 Å². The highest BCUT2D eigenvalue weighted by Gasteiger charge is 2.23. The Morgan fingerprint density at radius 3 is 1.05 bits per heavy atom. The highest BCUT2D eigenvalue weighted by Crippen LogP contribution is 2.50. The van der Waals surface area contributed by atoms with Crippen LogP contribution in [0.4, 0.5) is 0 Å². The topological polar surface area (TPSA) is 52.6 Å². The molecule has 0 unspecified atom stereocenters. The van der Waals surface area contributed by atoms with E-state index in [0.717, 1.165) is 28.7 Å². The molecule has 8 rings (SSSR count). The van der Waals surface area contributed by atoms with Crippen molar-refractivity contribution in [3.63, 3.8) is 0 Å². The standard InChI is InChI=1S/C56H54O4/c1-55(2,3)35-36-59-49(57)33-27-37-23-29-39(30-24-37)51-41-15-7-11-19-45(41)53(46-20-12-8-16-42(46)51)54-47-21-13-9-17-43(47)52(44-18-10-14-22-48(44)54)40-31-25-38(26-32-40)28-34-50(58)60-56(4,5)6/h7-26,29-32H,27-28,33-36H2,1-6H3. The summed E-state index contributed by atoms with van der Waals surface area (Å²) >= 11 is 0. The van der Waals surface area contributed by atoms with E-state index < -0.39 is 5.60 Å². The molecule has 4 heteroatoms. The molecule has 0 fully saturated rings. The summed E-state index contributed by atoms with van der Waals surface area (Å²) in [6.45, 7) is 12.6. The van der Waals surface area contributed by atoms with Crippen LogP contribution < -0.4 is 0 Å². The molecule has 0 heterocycles. The Kier molecular flexibility index (Phi) is 11.3. The van der Waals surface area contributed by atoms with Gasteiger partial charge in [0.05, 0.1) is 6.61 Å². The van der Waals surface area contributed by atoms with Gasteiger partial charge < -0.3 is 9.47 Å². The van der Waals surface area contributed by atoms with Gasteiger partial charge in [-0.05, 0) is 133 Å². The Labute approximate surface area is 354 Å². The highest BCUT2D eigenvalue weighted by molar-refractivity contribution is 6.29. The molecule has 0 aliphatic heterocycles. The van der Waals surface area contributed by atoms with E-state index in [-0.39, 0.29) is 17.4 Å². The summed E-state index contributed by atoms with van der Waals surface area (Å²) in [5.74, 6) is -0.322. The summed E-state index contributed by atoms with van der Waals surface area (Å²) in [5.41, 5.74) is 9.00. The van der Waals surface area contributed by atoms with Crippen molar-refractivity contribution in [1.29, 1.82) is 0 Å². The molecule has 302 valence electrons. The average Bonchev–Trinajstić information content (AvgIpc) is 3.23. The van der Waals surface area contributed by atoms with E-state index in [1.54, 1.807) is 0 Å². The summed E-state index contributed by atoms with van der Waals surface area (Å²) in [6, 6.07) is 52.7. The molecule has 0 aliphatic carbocycles. The first-order valence-electron chi connectivity index (χ1n) is 21.3. The number of carbonyl (C=O) groups is 2. The fourth-order valence-electron chi connectivity index (χ4n) is 8.52. The summed E-state index contributed by atoms with van der Waals surface area (Å²) in [7, 11) is 0. The second-order valence-electron chi connectivity index (χ2n) is 18.2. The van der Waals surface area contributed by atoms with Crippen molar-refractivity contribution < 1.29 is 19.1 Å². The summed E-state index contributed by atoms with van der Waals surface area (Å²) in [6.07, 6.45) is 2.83. The maximum absolute atomic E-state index is 12.5. The van der Waals surface area contributed by atoms with Crippen LogP contribution in [0.2, 0.25) is 0 Å². The number of hydrogen-bond acceptors (Lipinski definition) is 4. The van der Waals surface area contributed by atoms with Crippen LogP contribution in [-0.2, 0) is 31.9 Å². The van der Waals surface area contributed by atoms with Crippen molar-refractivity contribution in [1.82, 2.24) is 0 Å². The number of fused-ring (bicyclic) bond motifs is 4. The van der Waals surface area contributed by atoms with Gasteiger partial charge in [-0.15, -0.1) is 0 Å². The molecule has 8 aromatic rings. The van der Waals surface area contributed by atoms with Gasteiger partial charge in [0.1, 0.15) is 5.60 Å². The lowest BCUT2D eigenvalue weighted by Crippen LogP contribution is -2.23. The Morgan fingerprint density at radius 1 is 0.417 bits per heavy atom. The molecular formula is C56H54O4. The number of benzene rings is 8. The van der Waals surface area contributed by atoms with E-state index >= 15 is 0 Å². The number of ether oxygens (including phenoxy) is 2. The van der Waals surface area contributed by atoms with Crippen molar-refractivity contribution in [2.75, 3.05) is 6.61 Å². The number of aryl methyl sites for hydroxylation is 2. The van der Waals surface area contributed by atoms with E-state index in [4.69, 9.17) is 9.47 Å². The first kappa shape index (κ1) is 40.5. The minimum absolute atomic E-state index is 0.136. The molecule has 0 amide bonds. The van der Waals surface area contributed by atoms with Gasteiger partial charge in [0.2, 0.25) is 0 Å². The SMILES string of the molecule is CC(C)(C)CCOC(=O)CCc1ccc(-c2c3ccccc3c(-c3c4ccccc4c(-c4ccc(CCC(=O)OC(C)(C)C)cc4)c4ccccc34)c3ccccc23)cc1. The third-order valence-corrected chi connectivity index (χ3v) is 11.4. The molecule has 0 spiro atoms. The highest BCUT2D eigenvalue weighted by atomic mass is 16.6. The fourth-order valence-corrected chi connectivity index (χ4v) is 8.52.